The van der Waals surface area contributed by atoms with E-state index in [4.69, 9.17) is 0 Å². The molecule has 0 bridgehead atoms. The number of sulfone groups is 1. The molecule has 0 fully saturated rings. The fourth-order valence-corrected chi connectivity index (χ4v) is 3.01. The van der Waals surface area contributed by atoms with Crippen LogP contribution in [0, 0.1) is 13.8 Å². The molecule has 0 aromatic heterocycles. The first-order valence-electron chi connectivity index (χ1n) is 5.22. The van der Waals surface area contributed by atoms with Crippen LogP contribution in [-0.2, 0) is 9.84 Å². The van der Waals surface area contributed by atoms with Crippen LogP contribution in [0.25, 0.3) is 0 Å². The van der Waals surface area contributed by atoms with E-state index in [1.807, 2.05) is 32.0 Å². The van der Waals surface area contributed by atoms with E-state index in [0.29, 0.717) is 0 Å². The predicted molar refractivity (Wildman–Crippen MR) is 66.3 cm³/mol. The molecule has 0 saturated carbocycles. The quantitative estimate of drug-likeness (QED) is 0.856. The third-order valence-electron chi connectivity index (χ3n) is 2.88. The van der Waals surface area contributed by atoms with Crippen LogP contribution in [0.3, 0.4) is 0 Å². The standard InChI is InChI=1S/C12H15NO2S/c1-9-4-3-5-12(10(9)2)13-11-6-7-16(14,15)8-11/h3-7,11,13H,8H2,1-2H3/t11-/m1/s1. The van der Waals surface area contributed by atoms with E-state index >= 15 is 0 Å². The molecule has 16 heavy (non-hydrogen) atoms. The van der Waals surface area contributed by atoms with Crippen molar-refractivity contribution in [2.75, 3.05) is 11.1 Å². The van der Waals surface area contributed by atoms with E-state index in [9.17, 15) is 8.42 Å². The third-order valence-corrected chi connectivity index (χ3v) is 4.27. The van der Waals surface area contributed by atoms with E-state index in [1.165, 1.54) is 16.5 Å². The Morgan fingerprint density at radius 1 is 1.31 bits per heavy atom. The second-order valence-corrected chi connectivity index (χ2v) is 6.09. The highest BCUT2D eigenvalue weighted by Crippen LogP contribution is 2.21. The van der Waals surface area contributed by atoms with Crippen LogP contribution in [0.1, 0.15) is 11.1 Å². The first-order valence-corrected chi connectivity index (χ1v) is 6.93. The predicted octanol–water partition coefficient (Wildman–Crippen LogP) is 2.03. The van der Waals surface area contributed by atoms with Crippen LogP contribution in [-0.4, -0.2) is 20.2 Å². The maximum atomic E-state index is 11.3. The average molecular weight is 237 g/mol. The van der Waals surface area contributed by atoms with Gasteiger partial charge in [-0.25, -0.2) is 8.42 Å². The van der Waals surface area contributed by atoms with E-state index in [0.717, 1.165) is 5.69 Å². The molecule has 0 aliphatic carbocycles. The van der Waals surface area contributed by atoms with Gasteiger partial charge >= 0.3 is 0 Å². The SMILES string of the molecule is Cc1cccc(N[C@@H]2C=CS(=O)(=O)C2)c1C. The minimum absolute atomic E-state index is 0.106. The Balaban J connectivity index is 2.17. The molecule has 86 valence electrons. The van der Waals surface area contributed by atoms with Crippen LogP contribution in [0.2, 0.25) is 0 Å². The Kier molecular flexibility index (Phi) is 2.76. The molecule has 1 N–H and O–H groups in total. The lowest BCUT2D eigenvalue weighted by atomic mass is 10.1. The fraction of sp³-hybridized carbons (Fsp3) is 0.333. The summed E-state index contributed by atoms with van der Waals surface area (Å²) in [7, 11) is -2.98. The third kappa shape index (κ3) is 2.27. The molecule has 2 rings (SSSR count). The minimum atomic E-state index is -2.98. The maximum absolute atomic E-state index is 11.3. The maximum Gasteiger partial charge on any atom is 0.173 e. The van der Waals surface area contributed by atoms with E-state index < -0.39 is 9.84 Å². The summed E-state index contributed by atoms with van der Waals surface area (Å²) in [5.74, 6) is 0.153. The monoisotopic (exact) mass is 237 g/mol. The van der Waals surface area contributed by atoms with Crippen molar-refractivity contribution in [2.24, 2.45) is 0 Å². The largest absolute Gasteiger partial charge is 0.378 e. The van der Waals surface area contributed by atoms with Gasteiger partial charge in [0, 0.05) is 11.1 Å². The number of hydrogen-bond donors (Lipinski definition) is 1. The number of aryl methyl sites for hydroxylation is 1. The lowest BCUT2D eigenvalue weighted by Gasteiger charge is -2.15. The molecule has 1 aliphatic rings. The molecule has 1 aromatic carbocycles. The van der Waals surface area contributed by atoms with Gasteiger partial charge < -0.3 is 5.32 Å². The van der Waals surface area contributed by atoms with Gasteiger partial charge in [0.25, 0.3) is 0 Å². The Morgan fingerprint density at radius 3 is 2.69 bits per heavy atom. The van der Waals surface area contributed by atoms with E-state index in [1.54, 1.807) is 6.08 Å². The summed E-state index contributed by atoms with van der Waals surface area (Å²) >= 11 is 0. The lowest BCUT2D eigenvalue weighted by molar-refractivity contribution is 0.605. The first kappa shape index (κ1) is 11.2. The molecule has 1 heterocycles. The summed E-state index contributed by atoms with van der Waals surface area (Å²) in [4.78, 5) is 0. The van der Waals surface area contributed by atoms with Crippen molar-refractivity contribution < 1.29 is 8.42 Å². The second-order valence-electron chi connectivity index (χ2n) is 4.16. The summed E-state index contributed by atoms with van der Waals surface area (Å²) in [6.45, 7) is 4.08. The lowest BCUT2D eigenvalue weighted by Crippen LogP contribution is -2.21. The molecule has 0 spiro atoms. The zero-order chi connectivity index (χ0) is 11.8. The van der Waals surface area contributed by atoms with Crippen LogP contribution < -0.4 is 5.32 Å². The van der Waals surface area contributed by atoms with Crippen molar-refractivity contribution in [3.63, 3.8) is 0 Å². The normalized spacial score (nSPS) is 22.2. The smallest absolute Gasteiger partial charge is 0.173 e. The summed E-state index contributed by atoms with van der Waals surface area (Å²) < 4.78 is 22.5. The van der Waals surface area contributed by atoms with Crippen molar-refractivity contribution >= 4 is 15.5 Å². The zero-order valence-electron chi connectivity index (χ0n) is 9.40. The average Bonchev–Trinajstić information content (AvgIpc) is 2.53. The number of hydrogen-bond acceptors (Lipinski definition) is 3. The second kappa shape index (κ2) is 3.94. The van der Waals surface area contributed by atoms with Crippen LogP contribution in [0.15, 0.2) is 29.7 Å². The number of nitrogens with one attached hydrogen (secondary N) is 1. The van der Waals surface area contributed by atoms with Crippen LogP contribution in [0.5, 0.6) is 0 Å². The molecule has 0 saturated heterocycles. The number of benzene rings is 1. The molecule has 0 amide bonds. The van der Waals surface area contributed by atoms with Gasteiger partial charge in [-0.3, -0.25) is 0 Å². The Labute approximate surface area is 96.1 Å². The Bertz CT molecular complexity index is 532. The van der Waals surface area contributed by atoms with Crippen molar-refractivity contribution in [1.29, 1.82) is 0 Å². The molecule has 0 radical (unpaired) electrons. The highest BCUT2D eigenvalue weighted by molar-refractivity contribution is 7.94. The number of anilines is 1. The van der Waals surface area contributed by atoms with Gasteiger partial charge in [-0.15, -0.1) is 0 Å². The molecule has 4 heteroatoms. The zero-order valence-corrected chi connectivity index (χ0v) is 10.2. The Morgan fingerprint density at radius 2 is 2.06 bits per heavy atom. The van der Waals surface area contributed by atoms with Gasteiger partial charge in [0.1, 0.15) is 0 Å². The van der Waals surface area contributed by atoms with Crippen LogP contribution >= 0.6 is 0 Å². The topological polar surface area (TPSA) is 46.2 Å². The molecule has 1 aliphatic heterocycles. The number of rotatable bonds is 2. The van der Waals surface area contributed by atoms with Crippen molar-refractivity contribution in [2.45, 2.75) is 19.9 Å². The van der Waals surface area contributed by atoms with Gasteiger partial charge in [-0.2, -0.15) is 0 Å². The molecule has 1 atom stereocenters. The molecule has 3 nitrogen and oxygen atoms in total. The first-order chi connectivity index (χ1) is 7.48. The molecule has 1 aromatic rings. The van der Waals surface area contributed by atoms with E-state index in [-0.39, 0.29) is 11.8 Å². The molecular weight excluding hydrogens is 222 g/mol. The van der Waals surface area contributed by atoms with E-state index in [2.05, 4.69) is 5.32 Å². The van der Waals surface area contributed by atoms with Crippen LogP contribution in [0.4, 0.5) is 5.69 Å². The summed E-state index contributed by atoms with van der Waals surface area (Å²) in [5, 5.41) is 4.53. The van der Waals surface area contributed by atoms with Gasteiger partial charge in [-0.1, -0.05) is 18.2 Å². The summed E-state index contributed by atoms with van der Waals surface area (Å²) in [6.07, 6.45) is 1.71. The van der Waals surface area contributed by atoms with Gasteiger partial charge in [0.2, 0.25) is 0 Å². The van der Waals surface area contributed by atoms with Crippen molar-refractivity contribution in [3.05, 3.63) is 40.8 Å². The summed E-state index contributed by atoms with van der Waals surface area (Å²) in [6, 6.07) is 5.88. The minimum Gasteiger partial charge on any atom is -0.378 e. The Hall–Kier alpha value is -1.29. The highest BCUT2D eigenvalue weighted by atomic mass is 32.2. The fourth-order valence-electron chi connectivity index (χ4n) is 1.77. The van der Waals surface area contributed by atoms with Crippen molar-refractivity contribution in [1.82, 2.24) is 0 Å². The molecule has 0 unspecified atom stereocenters. The van der Waals surface area contributed by atoms with Gasteiger partial charge in [-0.05, 0) is 31.0 Å². The molecular formula is C12H15NO2S. The summed E-state index contributed by atoms with van der Waals surface area (Å²) in [5.41, 5.74) is 3.38. The van der Waals surface area contributed by atoms with Crippen molar-refractivity contribution in [3.8, 4) is 0 Å². The highest BCUT2D eigenvalue weighted by Gasteiger charge is 2.21. The van der Waals surface area contributed by atoms with Gasteiger partial charge in [0.05, 0.1) is 11.8 Å². The van der Waals surface area contributed by atoms with Gasteiger partial charge in [0.15, 0.2) is 9.84 Å².